The fourth-order valence-electron chi connectivity index (χ4n) is 2.10. The van der Waals surface area contributed by atoms with E-state index in [0.29, 0.717) is 10.6 Å². The van der Waals surface area contributed by atoms with Crippen molar-refractivity contribution in [1.82, 2.24) is 4.57 Å². The van der Waals surface area contributed by atoms with Crippen molar-refractivity contribution in [2.45, 2.75) is 13.8 Å². The van der Waals surface area contributed by atoms with E-state index in [1.54, 1.807) is 6.07 Å². The van der Waals surface area contributed by atoms with Crippen LogP contribution in [0.5, 0.6) is 0 Å². The van der Waals surface area contributed by atoms with Gasteiger partial charge in [0, 0.05) is 24.0 Å². The van der Waals surface area contributed by atoms with E-state index in [-0.39, 0.29) is 23.6 Å². The molecule has 116 valence electrons. The Morgan fingerprint density at radius 2 is 1.95 bits per heavy atom. The van der Waals surface area contributed by atoms with Crippen molar-refractivity contribution in [3.63, 3.8) is 0 Å². The van der Waals surface area contributed by atoms with Gasteiger partial charge >= 0.3 is 5.97 Å². The van der Waals surface area contributed by atoms with Crippen LogP contribution in [0.2, 0.25) is 5.02 Å². The van der Waals surface area contributed by atoms with Crippen LogP contribution >= 0.6 is 11.6 Å². The summed E-state index contributed by atoms with van der Waals surface area (Å²) in [5.74, 6) is -0.849. The zero-order valence-corrected chi connectivity index (χ0v) is 13.4. The molecule has 22 heavy (non-hydrogen) atoms. The second-order valence-corrected chi connectivity index (χ2v) is 5.49. The van der Waals surface area contributed by atoms with Gasteiger partial charge in [-0.15, -0.1) is 0 Å². The van der Waals surface area contributed by atoms with Gasteiger partial charge < -0.3 is 15.0 Å². The van der Waals surface area contributed by atoms with E-state index in [4.69, 9.17) is 22.1 Å². The molecule has 2 aromatic rings. The molecule has 0 radical (unpaired) electrons. The number of nitrogens with two attached hydrogens (primary N) is 1. The number of benzene rings is 1. The maximum Gasteiger partial charge on any atom is 0.338 e. The zero-order chi connectivity index (χ0) is 16.4. The minimum Gasteiger partial charge on any atom is -0.454 e. The number of esters is 1. The SMILES string of the molecule is Cc1cc(C(=O)COC(=O)c2ccc(Cl)c(N)c2)c(C)n1C. The Morgan fingerprint density at radius 3 is 2.50 bits per heavy atom. The number of halogens is 1. The summed E-state index contributed by atoms with van der Waals surface area (Å²) < 4.78 is 6.96. The van der Waals surface area contributed by atoms with Gasteiger partial charge in [-0.25, -0.2) is 4.79 Å². The quantitative estimate of drug-likeness (QED) is 0.534. The van der Waals surface area contributed by atoms with Crippen molar-refractivity contribution in [1.29, 1.82) is 0 Å². The second kappa shape index (κ2) is 6.23. The van der Waals surface area contributed by atoms with Gasteiger partial charge in [0.05, 0.1) is 16.3 Å². The normalized spacial score (nSPS) is 10.5. The number of aromatic nitrogens is 1. The van der Waals surface area contributed by atoms with Gasteiger partial charge in [-0.1, -0.05) is 11.6 Å². The van der Waals surface area contributed by atoms with E-state index < -0.39 is 5.97 Å². The lowest BCUT2D eigenvalue weighted by molar-refractivity contribution is 0.0474. The van der Waals surface area contributed by atoms with Gasteiger partial charge in [0.15, 0.2) is 6.61 Å². The number of anilines is 1. The summed E-state index contributed by atoms with van der Waals surface area (Å²) in [4.78, 5) is 24.1. The smallest absolute Gasteiger partial charge is 0.338 e. The molecule has 1 aromatic carbocycles. The molecule has 6 heteroatoms. The summed E-state index contributed by atoms with van der Waals surface area (Å²) in [6, 6.07) is 6.22. The van der Waals surface area contributed by atoms with Crippen LogP contribution in [0.3, 0.4) is 0 Å². The molecule has 0 unspecified atom stereocenters. The summed E-state index contributed by atoms with van der Waals surface area (Å²) >= 11 is 5.79. The van der Waals surface area contributed by atoms with Crippen LogP contribution in [-0.4, -0.2) is 22.9 Å². The van der Waals surface area contributed by atoms with Crippen molar-refractivity contribution in [2.24, 2.45) is 7.05 Å². The summed E-state index contributed by atoms with van der Waals surface area (Å²) in [6.45, 7) is 3.44. The van der Waals surface area contributed by atoms with Gasteiger partial charge in [0.25, 0.3) is 0 Å². The second-order valence-electron chi connectivity index (χ2n) is 5.08. The number of nitrogens with zero attached hydrogens (tertiary/aromatic N) is 1. The van der Waals surface area contributed by atoms with Crippen LogP contribution in [0.25, 0.3) is 0 Å². The molecule has 0 saturated heterocycles. The van der Waals surface area contributed by atoms with Crippen LogP contribution < -0.4 is 5.73 Å². The van der Waals surface area contributed by atoms with Crippen molar-refractivity contribution < 1.29 is 14.3 Å². The van der Waals surface area contributed by atoms with E-state index in [2.05, 4.69) is 0 Å². The molecule has 0 aliphatic heterocycles. The third kappa shape index (κ3) is 3.14. The highest BCUT2D eigenvalue weighted by atomic mass is 35.5. The van der Waals surface area contributed by atoms with Crippen molar-refractivity contribution in [3.05, 3.63) is 51.8 Å². The van der Waals surface area contributed by atoms with E-state index in [9.17, 15) is 9.59 Å². The topological polar surface area (TPSA) is 74.3 Å². The first-order chi connectivity index (χ1) is 10.3. The number of aryl methyl sites for hydroxylation is 1. The van der Waals surface area contributed by atoms with E-state index >= 15 is 0 Å². The maximum atomic E-state index is 12.2. The number of hydrogen-bond donors (Lipinski definition) is 1. The number of nitrogen functional groups attached to an aromatic ring is 1. The molecule has 0 saturated carbocycles. The van der Waals surface area contributed by atoms with Gasteiger partial charge in [-0.3, -0.25) is 4.79 Å². The average Bonchev–Trinajstić information content (AvgIpc) is 2.75. The molecule has 0 fully saturated rings. The van der Waals surface area contributed by atoms with Crippen LogP contribution in [0, 0.1) is 13.8 Å². The Morgan fingerprint density at radius 1 is 1.27 bits per heavy atom. The Balaban J connectivity index is 2.05. The number of rotatable bonds is 4. The van der Waals surface area contributed by atoms with Crippen LogP contribution in [0.4, 0.5) is 5.69 Å². The number of hydrogen-bond acceptors (Lipinski definition) is 4. The number of Topliss-reactive ketones (excluding diaryl/α,β-unsaturated/α-hetero) is 1. The molecule has 0 aliphatic rings. The summed E-state index contributed by atoms with van der Waals surface area (Å²) in [5.41, 5.74) is 8.55. The molecule has 0 aliphatic carbocycles. The minimum absolute atomic E-state index is 0.239. The summed E-state index contributed by atoms with van der Waals surface area (Å²) in [7, 11) is 1.88. The largest absolute Gasteiger partial charge is 0.454 e. The Bertz CT molecular complexity index is 750. The third-order valence-electron chi connectivity index (χ3n) is 3.64. The van der Waals surface area contributed by atoms with E-state index in [1.807, 2.05) is 25.5 Å². The summed E-state index contributed by atoms with van der Waals surface area (Å²) in [6.07, 6.45) is 0. The highest BCUT2D eigenvalue weighted by molar-refractivity contribution is 6.33. The summed E-state index contributed by atoms with van der Waals surface area (Å²) in [5, 5.41) is 0.364. The van der Waals surface area contributed by atoms with Gasteiger partial charge in [0.2, 0.25) is 5.78 Å². The van der Waals surface area contributed by atoms with Crippen LogP contribution in [-0.2, 0) is 11.8 Å². The molecular formula is C16H17ClN2O3. The lowest BCUT2D eigenvalue weighted by atomic mass is 10.1. The maximum absolute atomic E-state index is 12.2. The minimum atomic E-state index is -0.609. The highest BCUT2D eigenvalue weighted by Gasteiger charge is 2.17. The molecule has 0 atom stereocenters. The fourth-order valence-corrected chi connectivity index (χ4v) is 2.22. The lowest BCUT2D eigenvalue weighted by Gasteiger charge is -2.06. The molecule has 5 nitrogen and oxygen atoms in total. The molecule has 1 heterocycles. The molecule has 0 amide bonds. The first-order valence-electron chi connectivity index (χ1n) is 6.69. The van der Waals surface area contributed by atoms with Crippen molar-refractivity contribution in [2.75, 3.05) is 12.3 Å². The monoisotopic (exact) mass is 320 g/mol. The van der Waals surface area contributed by atoms with E-state index in [1.165, 1.54) is 18.2 Å². The molecular weight excluding hydrogens is 304 g/mol. The molecule has 2 rings (SSSR count). The Labute approximate surface area is 133 Å². The molecule has 0 bridgehead atoms. The molecule has 1 aromatic heterocycles. The highest BCUT2D eigenvalue weighted by Crippen LogP contribution is 2.20. The Kier molecular flexibility index (Phi) is 4.56. The lowest BCUT2D eigenvalue weighted by Crippen LogP contribution is -2.15. The number of carbonyl (C=O) groups excluding carboxylic acids is 2. The average molecular weight is 321 g/mol. The standard InChI is InChI=1S/C16H17ClN2O3/c1-9-6-12(10(2)19(9)3)15(20)8-22-16(21)11-4-5-13(17)14(18)7-11/h4-7H,8,18H2,1-3H3. The predicted molar refractivity (Wildman–Crippen MR) is 85.4 cm³/mol. The Hall–Kier alpha value is -2.27. The van der Waals surface area contributed by atoms with Crippen LogP contribution in [0.1, 0.15) is 32.1 Å². The van der Waals surface area contributed by atoms with Gasteiger partial charge in [-0.2, -0.15) is 0 Å². The number of ketones is 1. The molecule has 2 N–H and O–H groups in total. The first kappa shape index (κ1) is 16.1. The molecule has 0 spiro atoms. The van der Waals surface area contributed by atoms with Crippen LogP contribution in [0.15, 0.2) is 24.3 Å². The number of carbonyl (C=O) groups is 2. The zero-order valence-electron chi connectivity index (χ0n) is 12.6. The third-order valence-corrected chi connectivity index (χ3v) is 3.99. The van der Waals surface area contributed by atoms with Gasteiger partial charge in [0.1, 0.15) is 0 Å². The van der Waals surface area contributed by atoms with Crippen molar-refractivity contribution in [3.8, 4) is 0 Å². The number of ether oxygens (including phenoxy) is 1. The predicted octanol–water partition coefficient (Wildman–Crippen LogP) is 2.92. The van der Waals surface area contributed by atoms with E-state index in [0.717, 1.165) is 11.4 Å². The first-order valence-corrected chi connectivity index (χ1v) is 7.07. The van der Waals surface area contributed by atoms with Crippen molar-refractivity contribution >= 4 is 29.0 Å². The fraction of sp³-hybridized carbons (Fsp3) is 0.250. The van der Waals surface area contributed by atoms with Gasteiger partial charge in [-0.05, 0) is 38.1 Å².